The second-order valence-electron chi connectivity index (χ2n) is 10.2. The Morgan fingerprint density at radius 1 is 0.973 bits per heavy atom. The number of hydrogen-bond donors (Lipinski definition) is 0. The topological polar surface area (TPSA) is 68.6 Å². The maximum absolute atomic E-state index is 13.9. The third-order valence-corrected chi connectivity index (χ3v) is 9.33. The van der Waals surface area contributed by atoms with Gasteiger partial charge in [0.15, 0.2) is 11.5 Å². The molecule has 0 bridgehead atoms. The van der Waals surface area contributed by atoms with E-state index in [1.165, 1.54) is 48.7 Å². The van der Waals surface area contributed by atoms with Crippen LogP contribution in [-0.4, -0.2) is 41.4 Å². The number of thiophene rings is 1. The predicted octanol–water partition coefficient (Wildman–Crippen LogP) is 5.76. The number of ketones is 1. The molecule has 1 saturated heterocycles. The summed E-state index contributed by atoms with van der Waals surface area (Å²) in [6.45, 7) is 1.43. The highest BCUT2D eigenvalue weighted by Crippen LogP contribution is 2.42. The van der Waals surface area contributed by atoms with E-state index >= 15 is 0 Å². The Labute approximate surface area is 219 Å². The fourth-order valence-electron chi connectivity index (χ4n) is 6.23. The highest BCUT2D eigenvalue weighted by molar-refractivity contribution is 7.22. The van der Waals surface area contributed by atoms with Gasteiger partial charge in [0.05, 0.1) is 23.9 Å². The summed E-state index contributed by atoms with van der Waals surface area (Å²) in [5.41, 5.74) is 0.921. The molecule has 1 aliphatic heterocycles. The van der Waals surface area contributed by atoms with Crippen molar-refractivity contribution in [2.75, 3.05) is 20.2 Å². The van der Waals surface area contributed by atoms with Crippen molar-refractivity contribution in [1.82, 2.24) is 9.47 Å². The van der Waals surface area contributed by atoms with Crippen molar-refractivity contribution >= 4 is 44.0 Å². The van der Waals surface area contributed by atoms with E-state index in [2.05, 4.69) is 0 Å². The number of carbonyl (C=O) groups excluding carboxylic acids is 2. The van der Waals surface area contributed by atoms with E-state index in [1.807, 2.05) is 47.4 Å². The van der Waals surface area contributed by atoms with Gasteiger partial charge >= 0.3 is 0 Å². The van der Waals surface area contributed by atoms with Crippen LogP contribution in [0, 0.1) is 11.8 Å². The number of nitrogens with zero attached hydrogens (tertiary/aromatic N) is 2. The molecule has 1 amide bonds. The fourth-order valence-corrected chi connectivity index (χ4v) is 7.49. The molecule has 0 spiro atoms. The Hall–Kier alpha value is -3.45. The van der Waals surface area contributed by atoms with Gasteiger partial charge in [0.2, 0.25) is 0 Å². The standard InChI is InChI=1S/C30H30N2O4S/c1-36-26-25-27(37-28(26)30(35)31-16-15-19-9-5-6-12-21(19)17-31)22-13-7-8-14-23(22)32(29(25)34)18-24(33)20-10-3-2-4-11-20/h2-4,7-8,10-11,13-14,19,21H,5-6,9,12,15-18H2,1H3. The summed E-state index contributed by atoms with van der Waals surface area (Å²) in [5, 5.41) is 1.22. The Kier molecular flexibility index (Phi) is 6.32. The molecule has 190 valence electrons. The van der Waals surface area contributed by atoms with Gasteiger partial charge in [-0.05, 0) is 30.7 Å². The average Bonchev–Trinajstić information content (AvgIpc) is 3.35. The molecular formula is C30H30N2O4S. The van der Waals surface area contributed by atoms with Gasteiger partial charge in [-0.1, -0.05) is 67.8 Å². The largest absolute Gasteiger partial charge is 0.494 e. The third kappa shape index (κ3) is 4.15. The number of ether oxygens (including phenoxy) is 1. The maximum atomic E-state index is 13.9. The first kappa shape index (κ1) is 23.9. The van der Waals surface area contributed by atoms with Crippen molar-refractivity contribution in [3.63, 3.8) is 0 Å². The molecule has 7 heteroatoms. The molecule has 1 aliphatic carbocycles. The number of pyridine rings is 1. The lowest BCUT2D eigenvalue weighted by Crippen LogP contribution is -2.44. The van der Waals surface area contributed by atoms with E-state index in [0.717, 1.165) is 35.5 Å². The third-order valence-electron chi connectivity index (χ3n) is 8.14. The predicted molar refractivity (Wildman–Crippen MR) is 147 cm³/mol. The molecule has 6 rings (SSSR count). The van der Waals surface area contributed by atoms with Crippen LogP contribution >= 0.6 is 11.3 Å². The van der Waals surface area contributed by atoms with Crippen LogP contribution in [0.3, 0.4) is 0 Å². The van der Waals surface area contributed by atoms with E-state index in [9.17, 15) is 14.4 Å². The highest BCUT2D eigenvalue weighted by atomic mass is 32.1. The number of piperidine rings is 1. The normalized spacial score (nSPS) is 19.6. The number of fused-ring (bicyclic) bond motifs is 4. The molecule has 2 aromatic heterocycles. The zero-order chi connectivity index (χ0) is 25.5. The van der Waals surface area contributed by atoms with E-state index in [0.29, 0.717) is 33.0 Å². The summed E-state index contributed by atoms with van der Waals surface area (Å²) in [4.78, 5) is 43.2. The number of amides is 1. The Morgan fingerprint density at radius 3 is 2.49 bits per heavy atom. The molecule has 2 unspecified atom stereocenters. The van der Waals surface area contributed by atoms with E-state index in [-0.39, 0.29) is 23.8 Å². The number of aromatic nitrogens is 1. The van der Waals surface area contributed by atoms with Crippen LogP contribution in [0.2, 0.25) is 0 Å². The number of methoxy groups -OCH3 is 1. The Balaban J connectivity index is 1.45. The molecule has 37 heavy (non-hydrogen) atoms. The van der Waals surface area contributed by atoms with Gasteiger partial charge in [0, 0.05) is 24.0 Å². The summed E-state index contributed by atoms with van der Waals surface area (Å²) in [7, 11) is 1.51. The van der Waals surface area contributed by atoms with E-state index < -0.39 is 0 Å². The first-order valence-corrected chi connectivity index (χ1v) is 13.9. The number of benzene rings is 2. The van der Waals surface area contributed by atoms with Gasteiger partial charge in [-0.25, -0.2) is 0 Å². The second-order valence-corrected chi connectivity index (χ2v) is 11.2. The molecule has 3 heterocycles. The first-order valence-electron chi connectivity index (χ1n) is 13.1. The molecule has 2 atom stereocenters. The molecule has 2 aromatic carbocycles. The molecule has 6 nitrogen and oxygen atoms in total. The van der Waals surface area contributed by atoms with Crippen LogP contribution in [-0.2, 0) is 6.54 Å². The molecule has 1 saturated carbocycles. The van der Waals surface area contributed by atoms with Crippen LogP contribution < -0.4 is 10.3 Å². The summed E-state index contributed by atoms with van der Waals surface area (Å²) in [5.74, 6) is 1.41. The first-order chi connectivity index (χ1) is 18.1. The summed E-state index contributed by atoms with van der Waals surface area (Å²) in [6.07, 6.45) is 6.03. The minimum atomic E-state index is -0.309. The number of hydrogen-bond acceptors (Lipinski definition) is 5. The van der Waals surface area contributed by atoms with E-state index in [4.69, 9.17) is 4.74 Å². The van der Waals surface area contributed by atoms with Crippen LogP contribution in [0.5, 0.6) is 5.75 Å². The lowest BCUT2D eigenvalue weighted by Gasteiger charge is -2.41. The zero-order valence-corrected chi connectivity index (χ0v) is 21.8. The minimum absolute atomic E-state index is 0.0579. The summed E-state index contributed by atoms with van der Waals surface area (Å²) >= 11 is 1.33. The van der Waals surface area contributed by atoms with Gasteiger partial charge in [-0.3, -0.25) is 19.0 Å². The van der Waals surface area contributed by atoms with Crippen molar-refractivity contribution in [1.29, 1.82) is 0 Å². The summed E-state index contributed by atoms with van der Waals surface area (Å²) in [6, 6.07) is 16.6. The second kappa shape index (κ2) is 9.78. The molecular weight excluding hydrogens is 484 g/mol. The van der Waals surface area contributed by atoms with Gasteiger partial charge in [0.25, 0.3) is 11.5 Å². The number of Topliss-reactive ketones (excluding diaryl/α,β-unsaturated/α-hetero) is 1. The quantitative estimate of drug-likeness (QED) is 0.318. The minimum Gasteiger partial charge on any atom is -0.494 e. The van der Waals surface area contributed by atoms with Crippen LogP contribution in [0.25, 0.3) is 21.0 Å². The van der Waals surface area contributed by atoms with Crippen LogP contribution in [0.4, 0.5) is 0 Å². The van der Waals surface area contributed by atoms with Crippen molar-refractivity contribution in [3.05, 3.63) is 75.4 Å². The smallest absolute Gasteiger partial charge is 0.267 e. The number of para-hydroxylation sites is 1. The summed E-state index contributed by atoms with van der Waals surface area (Å²) < 4.78 is 8.01. The number of rotatable bonds is 5. The van der Waals surface area contributed by atoms with Gasteiger partial charge < -0.3 is 9.64 Å². The lowest BCUT2D eigenvalue weighted by atomic mass is 9.75. The monoisotopic (exact) mass is 514 g/mol. The van der Waals surface area contributed by atoms with Crippen molar-refractivity contribution in [3.8, 4) is 5.75 Å². The lowest BCUT2D eigenvalue weighted by molar-refractivity contribution is 0.0523. The fraction of sp³-hybridized carbons (Fsp3) is 0.367. The Morgan fingerprint density at radius 2 is 1.70 bits per heavy atom. The highest BCUT2D eigenvalue weighted by Gasteiger charge is 2.35. The molecule has 4 aromatic rings. The van der Waals surface area contributed by atoms with Crippen LogP contribution in [0.15, 0.2) is 59.4 Å². The number of carbonyl (C=O) groups is 2. The van der Waals surface area contributed by atoms with Gasteiger partial charge in [-0.15, -0.1) is 11.3 Å². The molecule has 2 aliphatic rings. The maximum Gasteiger partial charge on any atom is 0.267 e. The number of likely N-dealkylation sites (tertiary alicyclic amines) is 1. The van der Waals surface area contributed by atoms with Crippen molar-refractivity contribution < 1.29 is 14.3 Å². The van der Waals surface area contributed by atoms with Gasteiger partial charge in [0.1, 0.15) is 10.3 Å². The molecule has 0 N–H and O–H groups in total. The van der Waals surface area contributed by atoms with Gasteiger partial charge in [-0.2, -0.15) is 0 Å². The van der Waals surface area contributed by atoms with E-state index in [1.54, 1.807) is 12.1 Å². The SMILES string of the molecule is COc1c(C(=O)N2CCC3CCCCC3C2)sc2c1c(=O)n(CC(=O)c1ccccc1)c1ccccc21. The van der Waals surface area contributed by atoms with Crippen molar-refractivity contribution in [2.45, 2.75) is 38.6 Å². The molecule has 2 fully saturated rings. The van der Waals surface area contributed by atoms with Crippen molar-refractivity contribution in [2.24, 2.45) is 11.8 Å². The molecule has 0 radical (unpaired) electrons. The van der Waals surface area contributed by atoms with Crippen LogP contribution in [0.1, 0.15) is 52.1 Å². The Bertz CT molecular complexity index is 1550. The average molecular weight is 515 g/mol. The zero-order valence-electron chi connectivity index (χ0n) is 20.9.